The maximum atomic E-state index is 12.0. The first-order valence-corrected chi connectivity index (χ1v) is 8.66. The van der Waals surface area contributed by atoms with Gasteiger partial charge in [-0.3, -0.25) is 4.99 Å². The molecule has 142 valence electrons. The van der Waals surface area contributed by atoms with Gasteiger partial charge >= 0.3 is 6.09 Å². The quantitative estimate of drug-likeness (QED) is 0.380. The van der Waals surface area contributed by atoms with Gasteiger partial charge < -0.3 is 25.0 Å². The third-order valence-electron chi connectivity index (χ3n) is 3.09. The van der Waals surface area contributed by atoms with E-state index >= 15 is 0 Å². The molecule has 7 nitrogen and oxygen atoms in total. The lowest BCUT2D eigenvalue weighted by Crippen LogP contribution is -2.43. The lowest BCUT2D eigenvalue weighted by Gasteiger charge is -2.26. The Hall–Kier alpha value is -1.50. The number of amides is 1. The zero-order valence-electron chi connectivity index (χ0n) is 16.4. The lowest BCUT2D eigenvalue weighted by molar-refractivity contribution is 0.0278. The molecule has 0 aliphatic heterocycles. The summed E-state index contributed by atoms with van der Waals surface area (Å²) in [5.41, 5.74) is -0.472. The minimum Gasteiger partial charge on any atom is -0.444 e. The van der Waals surface area contributed by atoms with Crippen LogP contribution in [0.25, 0.3) is 0 Å². The Balaban J connectivity index is 4.04. The molecule has 0 saturated carbocycles. The molecule has 0 rings (SSSR count). The topological polar surface area (TPSA) is 75.2 Å². The van der Waals surface area contributed by atoms with Gasteiger partial charge in [0.25, 0.3) is 0 Å². The van der Waals surface area contributed by atoms with Crippen molar-refractivity contribution >= 4 is 12.1 Å². The SMILES string of the molecule is CCOCCCNC(=NC)NCC(C)CN(C)C(=O)OC(C)(C)C. The van der Waals surface area contributed by atoms with E-state index in [2.05, 4.69) is 22.5 Å². The van der Waals surface area contributed by atoms with Crippen LogP contribution in [0.1, 0.15) is 41.0 Å². The molecule has 0 aromatic carbocycles. The van der Waals surface area contributed by atoms with Gasteiger partial charge in [0.1, 0.15) is 5.60 Å². The number of hydrogen-bond acceptors (Lipinski definition) is 4. The van der Waals surface area contributed by atoms with Crippen LogP contribution in [0.15, 0.2) is 4.99 Å². The third-order valence-corrected chi connectivity index (χ3v) is 3.09. The average Bonchev–Trinajstić information content (AvgIpc) is 2.48. The molecule has 1 amide bonds. The number of guanidine groups is 1. The van der Waals surface area contributed by atoms with Crippen molar-refractivity contribution in [2.24, 2.45) is 10.9 Å². The van der Waals surface area contributed by atoms with Crippen LogP contribution in [0, 0.1) is 5.92 Å². The number of carbonyl (C=O) groups excluding carboxylic acids is 1. The third kappa shape index (κ3) is 12.0. The van der Waals surface area contributed by atoms with Crippen molar-refractivity contribution in [1.29, 1.82) is 0 Å². The van der Waals surface area contributed by atoms with Gasteiger partial charge in [0, 0.05) is 46.9 Å². The average molecular weight is 345 g/mol. The highest BCUT2D eigenvalue weighted by molar-refractivity contribution is 5.79. The summed E-state index contributed by atoms with van der Waals surface area (Å²) in [6.07, 6.45) is 0.638. The first-order valence-electron chi connectivity index (χ1n) is 8.66. The highest BCUT2D eigenvalue weighted by atomic mass is 16.6. The summed E-state index contributed by atoms with van der Waals surface area (Å²) >= 11 is 0. The molecular weight excluding hydrogens is 308 g/mol. The fourth-order valence-electron chi connectivity index (χ4n) is 1.96. The van der Waals surface area contributed by atoms with Gasteiger partial charge in [-0.1, -0.05) is 6.92 Å². The lowest BCUT2D eigenvalue weighted by atomic mass is 10.1. The molecule has 0 aromatic rings. The van der Waals surface area contributed by atoms with Crippen LogP contribution in [0.4, 0.5) is 4.79 Å². The van der Waals surface area contributed by atoms with Crippen molar-refractivity contribution in [2.75, 3.05) is 46.9 Å². The smallest absolute Gasteiger partial charge is 0.410 e. The Kier molecular flexibility index (Phi) is 11.2. The van der Waals surface area contributed by atoms with Crippen LogP contribution in [-0.4, -0.2) is 69.5 Å². The summed E-state index contributed by atoms with van der Waals surface area (Å²) in [5.74, 6) is 1.03. The number of carbonyl (C=O) groups is 1. The number of nitrogens with one attached hydrogen (secondary N) is 2. The van der Waals surface area contributed by atoms with Crippen molar-refractivity contribution in [2.45, 2.75) is 46.6 Å². The summed E-state index contributed by atoms with van der Waals surface area (Å²) in [6, 6.07) is 0. The number of nitrogens with zero attached hydrogens (tertiary/aromatic N) is 2. The first kappa shape index (κ1) is 22.5. The summed E-state index contributed by atoms with van der Waals surface area (Å²) in [7, 11) is 3.50. The van der Waals surface area contributed by atoms with Crippen molar-refractivity contribution in [1.82, 2.24) is 15.5 Å². The normalized spacial score (nSPS) is 13.4. The second-order valence-corrected chi connectivity index (χ2v) is 6.90. The molecule has 7 heteroatoms. The Labute approximate surface area is 147 Å². The van der Waals surface area contributed by atoms with E-state index in [1.54, 1.807) is 19.0 Å². The molecular formula is C17H36N4O3. The molecule has 1 atom stereocenters. The van der Waals surface area contributed by atoms with Gasteiger partial charge in [0.15, 0.2) is 5.96 Å². The first-order chi connectivity index (χ1) is 11.2. The fraction of sp³-hybridized carbons (Fsp3) is 0.882. The van der Waals surface area contributed by atoms with E-state index in [4.69, 9.17) is 9.47 Å². The van der Waals surface area contributed by atoms with Gasteiger partial charge in [0.2, 0.25) is 0 Å². The van der Waals surface area contributed by atoms with E-state index in [1.165, 1.54) is 0 Å². The molecule has 1 unspecified atom stereocenters. The van der Waals surface area contributed by atoms with Crippen molar-refractivity contribution in [3.63, 3.8) is 0 Å². The van der Waals surface area contributed by atoms with E-state index in [9.17, 15) is 4.79 Å². The summed E-state index contributed by atoms with van der Waals surface area (Å²) < 4.78 is 10.6. The molecule has 0 spiro atoms. The maximum Gasteiger partial charge on any atom is 0.410 e. The van der Waals surface area contributed by atoms with Gasteiger partial charge in [0.05, 0.1) is 0 Å². The molecule has 0 aromatic heterocycles. The number of hydrogen-bond donors (Lipinski definition) is 2. The molecule has 0 aliphatic carbocycles. The van der Waals surface area contributed by atoms with Crippen LogP contribution in [0.3, 0.4) is 0 Å². The predicted molar refractivity (Wildman–Crippen MR) is 98.5 cm³/mol. The van der Waals surface area contributed by atoms with Crippen LogP contribution in [0.5, 0.6) is 0 Å². The molecule has 2 N–H and O–H groups in total. The molecule has 0 aliphatic rings. The van der Waals surface area contributed by atoms with Gasteiger partial charge in [-0.15, -0.1) is 0 Å². The Bertz CT molecular complexity index is 381. The van der Waals surface area contributed by atoms with E-state index in [0.717, 1.165) is 38.7 Å². The molecule has 24 heavy (non-hydrogen) atoms. The number of ether oxygens (including phenoxy) is 2. The largest absolute Gasteiger partial charge is 0.444 e. The standard InChI is InChI=1S/C17H36N4O3/c1-8-23-11-9-10-19-15(18-6)20-12-14(2)13-21(7)16(22)24-17(3,4)5/h14H,8-13H2,1-7H3,(H2,18,19,20). The minimum atomic E-state index is -0.472. The summed E-state index contributed by atoms with van der Waals surface area (Å²) in [4.78, 5) is 17.7. The van der Waals surface area contributed by atoms with Crippen molar-refractivity contribution < 1.29 is 14.3 Å². The van der Waals surface area contributed by atoms with E-state index in [-0.39, 0.29) is 12.0 Å². The van der Waals surface area contributed by atoms with Gasteiger partial charge in [-0.25, -0.2) is 4.79 Å². The Morgan fingerprint density at radius 3 is 2.50 bits per heavy atom. The molecule has 0 fully saturated rings. The second kappa shape index (κ2) is 11.9. The van der Waals surface area contributed by atoms with E-state index < -0.39 is 5.60 Å². The van der Waals surface area contributed by atoms with E-state index in [1.807, 2.05) is 27.7 Å². The highest BCUT2D eigenvalue weighted by Gasteiger charge is 2.20. The Morgan fingerprint density at radius 2 is 1.96 bits per heavy atom. The van der Waals surface area contributed by atoms with Crippen molar-refractivity contribution in [3.05, 3.63) is 0 Å². The zero-order chi connectivity index (χ0) is 18.6. The van der Waals surface area contributed by atoms with Crippen LogP contribution >= 0.6 is 0 Å². The minimum absolute atomic E-state index is 0.268. The van der Waals surface area contributed by atoms with Crippen LogP contribution < -0.4 is 10.6 Å². The van der Waals surface area contributed by atoms with Gasteiger partial charge in [-0.2, -0.15) is 0 Å². The monoisotopic (exact) mass is 344 g/mol. The van der Waals surface area contributed by atoms with Crippen LogP contribution in [0.2, 0.25) is 0 Å². The predicted octanol–water partition coefficient (Wildman–Crippen LogP) is 2.08. The van der Waals surface area contributed by atoms with Crippen molar-refractivity contribution in [3.8, 4) is 0 Å². The molecule has 0 heterocycles. The van der Waals surface area contributed by atoms with Gasteiger partial charge in [-0.05, 0) is 40.0 Å². The number of aliphatic imine (C=N–C) groups is 1. The maximum absolute atomic E-state index is 12.0. The van der Waals surface area contributed by atoms with Crippen LogP contribution in [-0.2, 0) is 9.47 Å². The fourth-order valence-corrected chi connectivity index (χ4v) is 1.96. The molecule has 0 radical (unpaired) electrons. The highest BCUT2D eigenvalue weighted by Crippen LogP contribution is 2.10. The summed E-state index contributed by atoms with van der Waals surface area (Å²) in [5, 5.41) is 6.52. The zero-order valence-corrected chi connectivity index (χ0v) is 16.4. The van der Waals surface area contributed by atoms with E-state index in [0.29, 0.717) is 6.54 Å². The Morgan fingerprint density at radius 1 is 1.29 bits per heavy atom. The number of rotatable bonds is 9. The molecule has 0 bridgehead atoms. The summed E-state index contributed by atoms with van der Waals surface area (Å²) in [6.45, 7) is 13.3. The second-order valence-electron chi connectivity index (χ2n) is 6.90. The molecule has 0 saturated heterocycles.